The molecule has 8 heteroatoms. The van der Waals surface area contributed by atoms with Crippen LogP contribution < -0.4 is 10.0 Å². The quantitative estimate of drug-likeness (QED) is 0.696. The summed E-state index contributed by atoms with van der Waals surface area (Å²) in [5, 5.41) is 2.12. The zero-order chi connectivity index (χ0) is 18.9. The molecule has 1 amide bonds. The first-order valence-corrected chi connectivity index (χ1v) is 9.73. The van der Waals surface area contributed by atoms with Crippen molar-refractivity contribution in [2.75, 3.05) is 10.8 Å². The van der Waals surface area contributed by atoms with Crippen molar-refractivity contribution in [3.05, 3.63) is 70.7 Å². The Labute approximate surface area is 161 Å². The van der Waals surface area contributed by atoms with Crippen LogP contribution in [0, 0.1) is 0 Å². The van der Waals surface area contributed by atoms with E-state index in [-0.39, 0.29) is 14.9 Å². The number of carbonyl (C=O) groups excluding carboxylic acids is 1. The number of nitrogens with zero attached hydrogens (tertiary/aromatic N) is 1. The molecule has 0 radical (unpaired) electrons. The molecule has 134 valence electrons. The molecule has 0 aliphatic heterocycles. The minimum absolute atomic E-state index is 0.0821. The molecule has 0 bridgehead atoms. The van der Waals surface area contributed by atoms with Gasteiger partial charge in [-0.05, 0) is 41.1 Å². The van der Waals surface area contributed by atoms with Gasteiger partial charge in [0.25, 0.3) is 10.0 Å². The second-order valence-corrected chi connectivity index (χ2v) is 8.26. The lowest BCUT2D eigenvalue weighted by atomic mass is 10.1. The molecule has 0 fully saturated rings. The van der Waals surface area contributed by atoms with Crippen LogP contribution in [0.3, 0.4) is 0 Å². The first-order chi connectivity index (χ1) is 12.3. The Morgan fingerprint density at radius 3 is 2.27 bits per heavy atom. The summed E-state index contributed by atoms with van der Waals surface area (Å²) in [6.45, 7) is -0.499. The van der Waals surface area contributed by atoms with Gasteiger partial charge in [-0.3, -0.25) is 9.10 Å². The van der Waals surface area contributed by atoms with E-state index in [2.05, 4.69) is 0 Å². The van der Waals surface area contributed by atoms with Gasteiger partial charge in [-0.1, -0.05) is 53.5 Å². The number of primary amides is 1. The van der Waals surface area contributed by atoms with E-state index >= 15 is 0 Å². The number of benzene rings is 3. The molecule has 0 saturated heterocycles. The van der Waals surface area contributed by atoms with E-state index in [1.807, 2.05) is 24.3 Å². The topological polar surface area (TPSA) is 80.5 Å². The first-order valence-electron chi connectivity index (χ1n) is 7.54. The van der Waals surface area contributed by atoms with Crippen LogP contribution in [0.2, 0.25) is 10.0 Å². The molecule has 3 aromatic carbocycles. The van der Waals surface area contributed by atoms with Gasteiger partial charge in [0.05, 0.1) is 20.6 Å². The maximum absolute atomic E-state index is 13.1. The second-order valence-electron chi connectivity index (χ2n) is 5.59. The number of sulfonamides is 1. The smallest absolute Gasteiger partial charge is 0.264 e. The maximum Gasteiger partial charge on any atom is 0.264 e. The van der Waals surface area contributed by atoms with Crippen molar-refractivity contribution in [3.8, 4) is 0 Å². The average Bonchev–Trinajstić information content (AvgIpc) is 2.61. The molecular formula is C18H14Cl2N2O3S. The average molecular weight is 409 g/mol. The third-order valence-corrected chi connectivity index (χ3v) is 6.31. The van der Waals surface area contributed by atoms with E-state index in [0.29, 0.717) is 5.69 Å². The van der Waals surface area contributed by atoms with Crippen LogP contribution >= 0.6 is 23.2 Å². The third-order valence-electron chi connectivity index (χ3n) is 3.80. The normalized spacial score (nSPS) is 11.5. The van der Waals surface area contributed by atoms with Crippen LogP contribution in [0.15, 0.2) is 65.6 Å². The van der Waals surface area contributed by atoms with Crippen LogP contribution in [-0.4, -0.2) is 20.9 Å². The lowest BCUT2D eigenvalue weighted by molar-refractivity contribution is -0.116. The summed E-state index contributed by atoms with van der Waals surface area (Å²) < 4.78 is 27.1. The Bertz CT molecular complexity index is 1100. The maximum atomic E-state index is 13.1. The van der Waals surface area contributed by atoms with E-state index in [0.717, 1.165) is 15.1 Å². The minimum atomic E-state index is -4.07. The molecule has 0 atom stereocenters. The zero-order valence-corrected chi connectivity index (χ0v) is 15.7. The van der Waals surface area contributed by atoms with E-state index in [9.17, 15) is 13.2 Å². The molecule has 26 heavy (non-hydrogen) atoms. The van der Waals surface area contributed by atoms with Gasteiger partial charge in [-0.15, -0.1) is 0 Å². The summed E-state index contributed by atoms with van der Waals surface area (Å²) in [4.78, 5) is 11.4. The van der Waals surface area contributed by atoms with E-state index in [4.69, 9.17) is 28.9 Å². The Balaban J connectivity index is 2.14. The Kier molecular flexibility index (Phi) is 5.09. The Morgan fingerprint density at radius 2 is 1.62 bits per heavy atom. The highest BCUT2D eigenvalue weighted by atomic mass is 35.5. The summed E-state index contributed by atoms with van der Waals surface area (Å²) in [7, 11) is -4.07. The van der Waals surface area contributed by atoms with Crippen molar-refractivity contribution < 1.29 is 13.2 Å². The molecular weight excluding hydrogens is 395 g/mol. The largest absolute Gasteiger partial charge is 0.368 e. The van der Waals surface area contributed by atoms with Crippen molar-refractivity contribution in [1.82, 2.24) is 0 Å². The summed E-state index contributed by atoms with van der Waals surface area (Å²) in [6, 6.07) is 16.6. The van der Waals surface area contributed by atoms with Gasteiger partial charge in [0, 0.05) is 0 Å². The molecule has 0 unspecified atom stereocenters. The SMILES string of the molecule is NC(=O)CN(c1ccc2ccccc2c1)S(=O)(=O)c1ccc(Cl)c(Cl)c1. The summed E-state index contributed by atoms with van der Waals surface area (Å²) in [5.74, 6) is -0.776. The van der Waals surface area contributed by atoms with Crippen LogP contribution in [0.4, 0.5) is 5.69 Å². The van der Waals surface area contributed by atoms with Gasteiger partial charge in [0.1, 0.15) is 6.54 Å². The molecule has 5 nitrogen and oxygen atoms in total. The number of fused-ring (bicyclic) bond motifs is 1. The number of anilines is 1. The number of hydrogen-bond donors (Lipinski definition) is 1. The van der Waals surface area contributed by atoms with E-state index in [1.165, 1.54) is 18.2 Å². The first kappa shape index (κ1) is 18.5. The number of nitrogens with two attached hydrogens (primary N) is 1. The number of hydrogen-bond acceptors (Lipinski definition) is 3. The molecule has 3 aromatic rings. The summed E-state index contributed by atoms with van der Waals surface area (Å²) in [5.41, 5.74) is 5.61. The van der Waals surface area contributed by atoms with Gasteiger partial charge >= 0.3 is 0 Å². The van der Waals surface area contributed by atoms with Crippen LogP contribution in [0.25, 0.3) is 10.8 Å². The monoisotopic (exact) mass is 408 g/mol. The van der Waals surface area contributed by atoms with Crippen LogP contribution in [-0.2, 0) is 14.8 Å². The minimum Gasteiger partial charge on any atom is -0.368 e. The second kappa shape index (κ2) is 7.15. The Hall–Kier alpha value is -2.28. The predicted molar refractivity (Wildman–Crippen MR) is 104 cm³/mol. The number of halogens is 2. The van der Waals surface area contributed by atoms with Gasteiger partial charge in [-0.25, -0.2) is 8.42 Å². The van der Waals surface area contributed by atoms with Crippen LogP contribution in [0.1, 0.15) is 0 Å². The fourth-order valence-electron chi connectivity index (χ4n) is 2.55. The number of amides is 1. The third kappa shape index (κ3) is 3.62. The molecule has 0 saturated carbocycles. The number of carbonyl (C=O) groups is 1. The van der Waals surface area contributed by atoms with Gasteiger partial charge in [0.15, 0.2) is 0 Å². The molecule has 2 N–H and O–H groups in total. The molecule has 0 heterocycles. The predicted octanol–water partition coefficient (Wildman–Crippen LogP) is 3.83. The van der Waals surface area contributed by atoms with Gasteiger partial charge < -0.3 is 5.73 Å². The summed E-state index contributed by atoms with van der Waals surface area (Å²) in [6.07, 6.45) is 0. The highest BCUT2D eigenvalue weighted by Gasteiger charge is 2.27. The van der Waals surface area contributed by atoms with Crippen molar-refractivity contribution in [1.29, 1.82) is 0 Å². The lowest BCUT2D eigenvalue weighted by Crippen LogP contribution is -2.38. The van der Waals surface area contributed by atoms with Crippen molar-refractivity contribution in [2.45, 2.75) is 4.90 Å². The van der Waals surface area contributed by atoms with Crippen molar-refractivity contribution >= 4 is 55.6 Å². The fourth-order valence-corrected chi connectivity index (χ4v) is 4.37. The highest BCUT2D eigenvalue weighted by molar-refractivity contribution is 7.92. The van der Waals surface area contributed by atoms with E-state index in [1.54, 1.807) is 18.2 Å². The standard InChI is InChI=1S/C18H14Cl2N2O3S/c19-16-8-7-15(10-17(16)20)26(24,25)22(11-18(21)23)14-6-5-12-3-1-2-4-13(12)9-14/h1-10H,11H2,(H2,21,23). The highest BCUT2D eigenvalue weighted by Crippen LogP contribution is 2.30. The van der Waals surface area contributed by atoms with E-state index < -0.39 is 22.5 Å². The van der Waals surface area contributed by atoms with Gasteiger partial charge in [-0.2, -0.15) is 0 Å². The molecule has 0 spiro atoms. The van der Waals surface area contributed by atoms with Crippen molar-refractivity contribution in [3.63, 3.8) is 0 Å². The number of rotatable bonds is 5. The summed E-state index contributed by atoms with van der Waals surface area (Å²) >= 11 is 11.8. The molecule has 3 rings (SSSR count). The van der Waals surface area contributed by atoms with Crippen molar-refractivity contribution in [2.24, 2.45) is 5.73 Å². The Morgan fingerprint density at radius 1 is 0.923 bits per heavy atom. The zero-order valence-electron chi connectivity index (χ0n) is 13.4. The lowest BCUT2D eigenvalue weighted by Gasteiger charge is -2.23. The molecule has 0 aliphatic rings. The molecule has 0 aromatic heterocycles. The fraction of sp³-hybridized carbons (Fsp3) is 0.0556. The van der Waals surface area contributed by atoms with Gasteiger partial charge in [0.2, 0.25) is 5.91 Å². The van der Waals surface area contributed by atoms with Crippen LogP contribution in [0.5, 0.6) is 0 Å². The molecule has 0 aliphatic carbocycles.